The summed E-state index contributed by atoms with van der Waals surface area (Å²) >= 11 is 0. The smallest absolute Gasteiger partial charge is 0.220 e. The van der Waals surface area contributed by atoms with E-state index in [0.29, 0.717) is 6.42 Å². The highest BCUT2D eigenvalue weighted by Crippen LogP contribution is 1.86. The predicted octanol–water partition coefficient (Wildman–Crippen LogP) is 0.0539. The molecule has 0 aromatic heterocycles. The highest BCUT2D eigenvalue weighted by Gasteiger charge is 2.00. The maximum Gasteiger partial charge on any atom is 0.220 e. The first-order valence-corrected chi connectivity index (χ1v) is 5.30. The van der Waals surface area contributed by atoms with Gasteiger partial charge in [0.1, 0.15) is 0 Å². The number of amides is 1. The molecule has 0 unspecified atom stereocenters. The first-order chi connectivity index (χ1) is 6.70. The first kappa shape index (κ1) is 13.4. The molecule has 0 fully saturated rings. The molecule has 0 aliphatic heterocycles. The van der Waals surface area contributed by atoms with Crippen LogP contribution in [0.1, 0.15) is 19.8 Å². The van der Waals surface area contributed by atoms with Crippen LogP contribution in [0.4, 0.5) is 0 Å². The summed E-state index contributed by atoms with van der Waals surface area (Å²) in [6.45, 7) is 5.71. The Morgan fingerprint density at radius 3 is 2.64 bits per heavy atom. The van der Waals surface area contributed by atoms with E-state index < -0.39 is 0 Å². The summed E-state index contributed by atoms with van der Waals surface area (Å²) in [5.74, 6) is 0.157. The summed E-state index contributed by atoms with van der Waals surface area (Å²) in [7, 11) is 3.95. The van der Waals surface area contributed by atoms with Gasteiger partial charge in [-0.15, -0.1) is 0 Å². The minimum atomic E-state index is 0.157. The molecular weight excluding hydrogens is 178 g/mol. The number of carbonyl (C=O) groups excluding carboxylic acids is 1. The van der Waals surface area contributed by atoms with Gasteiger partial charge in [0.2, 0.25) is 5.91 Å². The van der Waals surface area contributed by atoms with Crippen molar-refractivity contribution in [1.29, 1.82) is 0 Å². The van der Waals surface area contributed by atoms with Gasteiger partial charge in [-0.25, -0.2) is 0 Å². The average Bonchev–Trinajstić information content (AvgIpc) is 2.18. The molecule has 0 rings (SSSR count). The van der Waals surface area contributed by atoms with Crippen molar-refractivity contribution >= 4 is 5.91 Å². The fourth-order valence-electron chi connectivity index (χ4n) is 1.06. The molecule has 0 atom stereocenters. The second kappa shape index (κ2) is 8.97. The molecule has 0 bridgehead atoms. The number of carbonyl (C=O) groups is 1. The molecule has 0 saturated carbocycles. The third-order valence-electron chi connectivity index (χ3n) is 2.19. The van der Waals surface area contributed by atoms with Crippen LogP contribution in [-0.2, 0) is 4.79 Å². The van der Waals surface area contributed by atoms with Crippen LogP contribution in [0.2, 0.25) is 0 Å². The van der Waals surface area contributed by atoms with Crippen molar-refractivity contribution < 1.29 is 4.79 Å². The molecule has 4 heteroatoms. The zero-order valence-electron chi connectivity index (χ0n) is 9.60. The van der Waals surface area contributed by atoms with Gasteiger partial charge in [0, 0.05) is 19.5 Å². The number of nitrogens with zero attached hydrogens (tertiary/aromatic N) is 1. The SMILES string of the molecule is CCN(C)CCNC(=O)CCCNC. The van der Waals surface area contributed by atoms with E-state index in [2.05, 4.69) is 22.5 Å². The van der Waals surface area contributed by atoms with E-state index in [9.17, 15) is 4.79 Å². The first-order valence-electron chi connectivity index (χ1n) is 5.30. The second-order valence-corrected chi connectivity index (χ2v) is 3.45. The summed E-state index contributed by atoms with van der Waals surface area (Å²) in [6.07, 6.45) is 1.53. The van der Waals surface area contributed by atoms with Gasteiger partial charge in [-0.2, -0.15) is 0 Å². The van der Waals surface area contributed by atoms with Crippen LogP contribution in [0, 0.1) is 0 Å². The Morgan fingerprint density at radius 1 is 1.36 bits per heavy atom. The van der Waals surface area contributed by atoms with Gasteiger partial charge < -0.3 is 15.5 Å². The Bertz CT molecular complexity index is 150. The Balaban J connectivity index is 3.26. The van der Waals surface area contributed by atoms with Crippen LogP contribution < -0.4 is 10.6 Å². The van der Waals surface area contributed by atoms with Gasteiger partial charge in [-0.3, -0.25) is 4.79 Å². The molecule has 2 N–H and O–H groups in total. The fourth-order valence-corrected chi connectivity index (χ4v) is 1.06. The monoisotopic (exact) mass is 201 g/mol. The molecule has 14 heavy (non-hydrogen) atoms. The molecule has 0 spiro atoms. The van der Waals surface area contributed by atoms with Crippen LogP contribution in [0.3, 0.4) is 0 Å². The number of hydrogen-bond acceptors (Lipinski definition) is 3. The molecule has 4 nitrogen and oxygen atoms in total. The van der Waals surface area contributed by atoms with Gasteiger partial charge in [0.15, 0.2) is 0 Å². The minimum Gasteiger partial charge on any atom is -0.355 e. The van der Waals surface area contributed by atoms with Crippen molar-refractivity contribution in [2.45, 2.75) is 19.8 Å². The lowest BCUT2D eigenvalue weighted by atomic mass is 10.3. The largest absolute Gasteiger partial charge is 0.355 e. The topological polar surface area (TPSA) is 44.4 Å². The van der Waals surface area contributed by atoms with Crippen molar-refractivity contribution in [3.63, 3.8) is 0 Å². The van der Waals surface area contributed by atoms with Crippen LogP contribution in [-0.4, -0.2) is 51.1 Å². The lowest BCUT2D eigenvalue weighted by Gasteiger charge is -2.13. The summed E-state index contributed by atoms with van der Waals surface area (Å²) in [4.78, 5) is 13.4. The van der Waals surface area contributed by atoms with E-state index in [-0.39, 0.29) is 5.91 Å². The zero-order chi connectivity index (χ0) is 10.8. The Hall–Kier alpha value is -0.610. The van der Waals surface area contributed by atoms with Gasteiger partial charge in [-0.05, 0) is 33.6 Å². The number of hydrogen-bond donors (Lipinski definition) is 2. The van der Waals surface area contributed by atoms with Crippen molar-refractivity contribution in [1.82, 2.24) is 15.5 Å². The third kappa shape index (κ3) is 8.01. The Kier molecular flexibility index (Phi) is 8.57. The molecule has 0 aromatic carbocycles. The Labute approximate surface area is 87.0 Å². The normalized spacial score (nSPS) is 10.6. The van der Waals surface area contributed by atoms with Gasteiger partial charge >= 0.3 is 0 Å². The number of likely N-dealkylation sites (N-methyl/N-ethyl adjacent to an activating group) is 1. The van der Waals surface area contributed by atoms with Crippen molar-refractivity contribution in [3.8, 4) is 0 Å². The van der Waals surface area contributed by atoms with E-state index in [0.717, 1.165) is 32.6 Å². The lowest BCUT2D eigenvalue weighted by Crippen LogP contribution is -2.33. The average molecular weight is 201 g/mol. The molecule has 84 valence electrons. The van der Waals surface area contributed by atoms with Crippen molar-refractivity contribution in [3.05, 3.63) is 0 Å². The molecule has 0 radical (unpaired) electrons. The van der Waals surface area contributed by atoms with Crippen molar-refractivity contribution in [2.24, 2.45) is 0 Å². The summed E-state index contributed by atoms with van der Waals surface area (Å²) in [5.41, 5.74) is 0. The van der Waals surface area contributed by atoms with Gasteiger partial charge in [0.25, 0.3) is 0 Å². The number of nitrogens with one attached hydrogen (secondary N) is 2. The van der Waals surface area contributed by atoms with Crippen molar-refractivity contribution in [2.75, 3.05) is 40.3 Å². The van der Waals surface area contributed by atoms with E-state index in [1.54, 1.807) is 0 Å². The van der Waals surface area contributed by atoms with E-state index in [4.69, 9.17) is 0 Å². The molecule has 0 aromatic rings. The molecule has 1 amide bonds. The standard InChI is InChI=1S/C10H23N3O/c1-4-13(3)9-8-12-10(14)6-5-7-11-2/h11H,4-9H2,1-3H3,(H,12,14). The molecule has 0 heterocycles. The molecule has 0 saturated heterocycles. The maximum atomic E-state index is 11.2. The van der Waals surface area contributed by atoms with Crippen LogP contribution in [0.25, 0.3) is 0 Å². The quantitative estimate of drug-likeness (QED) is 0.546. The molecule has 0 aliphatic carbocycles. The maximum absolute atomic E-state index is 11.2. The molecular formula is C10H23N3O. The number of rotatable bonds is 8. The third-order valence-corrected chi connectivity index (χ3v) is 2.19. The Morgan fingerprint density at radius 2 is 2.07 bits per heavy atom. The summed E-state index contributed by atoms with van der Waals surface area (Å²) in [5, 5.41) is 5.92. The summed E-state index contributed by atoms with van der Waals surface area (Å²) < 4.78 is 0. The summed E-state index contributed by atoms with van der Waals surface area (Å²) in [6, 6.07) is 0. The van der Waals surface area contributed by atoms with E-state index >= 15 is 0 Å². The minimum absolute atomic E-state index is 0.157. The zero-order valence-corrected chi connectivity index (χ0v) is 9.60. The van der Waals surface area contributed by atoms with E-state index in [1.165, 1.54) is 0 Å². The fraction of sp³-hybridized carbons (Fsp3) is 0.900. The highest BCUT2D eigenvalue weighted by atomic mass is 16.1. The predicted molar refractivity (Wildman–Crippen MR) is 59.3 cm³/mol. The highest BCUT2D eigenvalue weighted by molar-refractivity contribution is 5.75. The molecule has 0 aliphatic rings. The van der Waals surface area contributed by atoms with Crippen LogP contribution in [0.5, 0.6) is 0 Å². The van der Waals surface area contributed by atoms with Crippen LogP contribution in [0.15, 0.2) is 0 Å². The lowest BCUT2D eigenvalue weighted by molar-refractivity contribution is -0.121. The van der Waals surface area contributed by atoms with Gasteiger partial charge in [0.05, 0.1) is 0 Å². The van der Waals surface area contributed by atoms with Gasteiger partial charge in [-0.1, -0.05) is 6.92 Å². The van der Waals surface area contributed by atoms with Crippen LogP contribution >= 0.6 is 0 Å². The van der Waals surface area contributed by atoms with E-state index in [1.807, 2.05) is 14.1 Å². The second-order valence-electron chi connectivity index (χ2n) is 3.45.